The molecule has 5 aromatic heterocycles. The Morgan fingerprint density at radius 3 is 2.43 bits per heavy atom. The van der Waals surface area contributed by atoms with Crippen molar-refractivity contribution in [3.8, 4) is 29.0 Å². The molecule has 0 spiro atoms. The van der Waals surface area contributed by atoms with Gasteiger partial charge in [0.05, 0.1) is 49.0 Å². The lowest BCUT2D eigenvalue weighted by molar-refractivity contribution is -0.145. The molecule has 0 bridgehead atoms. The Bertz CT molecular complexity index is 3550. The van der Waals surface area contributed by atoms with Crippen molar-refractivity contribution in [2.24, 2.45) is 0 Å². The molecule has 0 amide bonds. The van der Waals surface area contributed by atoms with Crippen LogP contribution in [-0.2, 0) is 22.7 Å². The third-order valence-corrected chi connectivity index (χ3v) is 12.2. The van der Waals surface area contributed by atoms with E-state index in [-0.39, 0.29) is 48.1 Å². The lowest BCUT2D eigenvalue weighted by Gasteiger charge is -2.19. The van der Waals surface area contributed by atoms with E-state index in [0.717, 1.165) is 32.2 Å². The summed E-state index contributed by atoms with van der Waals surface area (Å²) in [7, 11) is 4.93. The summed E-state index contributed by atoms with van der Waals surface area (Å²) in [5.74, 6) is 6.30. The summed E-state index contributed by atoms with van der Waals surface area (Å²) in [5.41, 5.74) is 9.23. The van der Waals surface area contributed by atoms with Gasteiger partial charge in [-0.1, -0.05) is 42.2 Å². The van der Waals surface area contributed by atoms with E-state index in [1.807, 2.05) is 68.6 Å². The SMILES string of the molecule is CNC(C)c1cc2cccc(C#Cc3ccc(F)c(COC(=O)CCn4cnc5c(sc6cc(OC)c(OC)cc65)c4=O)c3)c2c(=O)n1-c1ccccc1.Nc1ncc2cccnc2c1C=O. The van der Waals surface area contributed by atoms with Crippen molar-refractivity contribution >= 4 is 71.4 Å². The molecule has 336 valence electrons. The molecule has 0 aliphatic rings. The molecule has 0 saturated carbocycles. The molecule has 67 heavy (non-hydrogen) atoms. The molecule has 0 radical (unpaired) electrons. The number of anilines is 1. The predicted octanol–water partition coefficient (Wildman–Crippen LogP) is 7.91. The van der Waals surface area contributed by atoms with Gasteiger partial charge < -0.3 is 25.3 Å². The summed E-state index contributed by atoms with van der Waals surface area (Å²) in [4.78, 5) is 63.3. The van der Waals surface area contributed by atoms with Crippen LogP contribution in [0, 0.1) is 17.7 Å². The fraction of sp³-hybridized carbons (Fsp3) is 0.157. The minimum absolute atomic E-state index is 0.0296. The van der Waals surface area contributed by atoms with Gasteiger partial charge in [0, 0.05) is 74.6 Å². The predicted molar refractivity (Wildman–Crippen MR) is 258 cm³/mol. The van der Waals surface area contributed by atoms with Crippen LogP contribution in [0.4, 0.5) is 10.2 Å². The number of pyridine rings is 3. The number of hydrogen-bond acceptors (Lipinski definition) is 13. The van der Waals surface area contributed by atoms with Gasteiger partial charge in [-0.15, -0.1) is 11.3 Å². The molecule has 5 heterocycles. The van der Waals surface area contributed by atoms with Gasteiger partial charge in [-0.2, -0.15) is 0 Å². The summed E-state index contributed by atoms with van der Waals surface area (Å²) >= 11 is 1.28. The van der Waals surface area contributed by atoms with E-state index in [9.17, 15) is 23.6 Å². The van der Waals surface area contributed by atoms with Crippen LogP contribution in [0.2, 0.25) is 0 Å². The number of carbonyl (C=O) groups excluding carboxylic acids is 2. The number of benzene rings is 4. The van der Waals surface area contributed by atoms with Crippen molar-refractivity contribution < 1.29 is 28.2 Å². The second-order valence-corrected chi connectivity index (χ2v) is 16.2. The third kappa shape index (κ3) is 9.32. The molecule has 0 aliphatic heterocycles. The molecule has 0 saturated heterocycles. The van der Waals surface area contributed by atoms with Gasteiger partial charge >= 0.3 is 5.97 Å². The number of nitrogen functional groups attached to an aromatic ring is 1. The maximum absolute atomic E-state index is 14.9. The van der Waals surface area contributed by atoms with Crippen LogP contribution in [0.15, 0.2) is 125 Å². The number of ether oxygens (including phenoxy) is 3. The molecular formula is C51H42FN7O7S. The highest BCUT2D eigenvalue weighted by Gasteiger charge is 2.19. The molecule has 0 aliphatic carbocycles. The van der Waals surface area contributed by atoms with E-state index in [0.29, 0.717) is 55.6 Å². The molecule has 1 atom stereocenters. The first-order valence-electron chi connectivity index (χ1n) is 20.9. The highest BCUT2D eigenvalue weighted by Crippen LogP contribution is 2.39. The van der Waals surface area contributed by atoms with E-state index < -0.39 is 11.8 Å². The van der Waals surface area contributed by atoms with Gasteiger partial charge in [0.1, 0.15) is 22.9 Å². The molecule has 4 aromatic carbocycles. The molecular weight excluding hydrogens is 874 g/mol. The van der Waals surface area contributed by atoms with Crippen LogP contribution in [0.1, 0.15) is 52.1 Å². The Balaban J connectivity index is 0.000000401. The number of fused-ring (bicyclic) bond motifs is 5. The largest absolute Gasteiger partial charge is 0.493 e. The van der Waals surface area contributed by atoms with Crippen molar-refractivity contribution in [1.82, 2.24) is 29.4 Å². The number of carbonyl (C=O) groups is 2. The fourth-order valence-electron chi connectivity index (χ4n) is 7.49. The summed E-state index contributed by atoms with van der Waals surface area (Å²) in [6.07, 6.45) is 5.17. The quantitative estimate of drug-likeness (QED) is 0.0728. The van der Waals surface area contributed by atoms with Crippen molar-refractivity contribution in [2.75, 3.05) is 27.0 Å². The van der Waals surface area contributed by atoms with Gasteiger partial charge in [-0.3, -0.25) is 33.3 Å². The maximum Gasteiger partial charge on any atom is 0.307 e. The third-order valence-electron chi connectivity index (χ3n) is 11.1. The normalized spacial score (nSPS) is 11.4. The Morgan fingerprint density at radius 2 is 1.67 bits per heavy atom. The Kier molecular flexibility index (Phi) is 13.4. The number of nitrogens with two attached hydrogens (primary N) is 1. The number of halogens is 1. The molecule has 9 aromatic rings. The van der Waals surface area contributed by atoms with Crippen LogP contribution in [-0.4, -0.2) is 57.6 Å². The first kappa shape index (κ1) is 45.3. The zero-order valence-corrected chi connectivity index (χ0v) is 37.5. The number of aryl methyl sites for hydroxylation is 1. The van der Waals surface area contributed by atoms with Gasteiger partial charge in [0.25, 0.3) is 11.1 Å². The van der Waals surface area contributed by atoms with Gasteiger partial charge in [0.2, 0.25) is 0 Å². The monoisotopic (exact) mass is 915 g/mol. The topological polar surface area (TPSA) is 183 Å². The van der Waals surface area contributed by atoms with Crippen molar-refractivity contribution in [3.05, 3.63) is 170 Å². The lowest BCUT2D eigenvalue weighted by atomic mass is 10.0. The smallest absolute Gasteiger partial charge is 0.307 e. The first-order valence-corrected chi connectivity index (χ1v) is 21.7. The van der Waals surface area contributed by atoms with Crippen molar-refractivity contribution in [1.29, 1.82) is 0 Å². The molecule has 9 rings (SSSR count). The van der Waals surface area contributed by atoms with Crippen molar-refractivity contribution in [2.45, 2.75) is 32.5 Å². The number of esters is 1. The standard InChI is InChI=1S/C42H35FN4O6S.C9H7N3O/c1-25(44-2)33-20-28-10-8-9-27(38(28)41(49)47(33)30-11-6-5-7-12-30)15-13-26-14-16-32(43)29(19-26)23-53-37(48)17-18-46-24-45-39-31-21-34(51-3)35(52-4)22-36(31)54-40(39)42(46)50;10-9-7(5-13)8-6(4-12-9)2-1-3-11-8/h5-12,14,16,19-22,24-25,44H,17-18,23H2,1-4H3;1-5H,(H2,10,12). The second-order valence-electron chi connectivity index (χ2n) is 15.1. The number of nitrogens with one attached hydrogen (secondary N) is 1. The van der Waals surface area contributed by atoms with Crippen LogP contribution < -0.4 is 31.6 Å². The zero-order chi connectivity index (χ0) is 47.2. The number of aldehydes is 1. The van der Waals surface area contributed by atoms with Gasteiger partial charge in [-0.25, -0.2) is 14.4 Å². The van der Waals surface area contributed by atoms with Gasteiger partial charge in [-0.05, 0) is 80.0 Å². The van der Waals surface area contributed by atoms with E-state index in [2.05, 4.69) is 32.1 Å². The number of hydrogen-bond donors (Lipinski definition) is 2. The number of rotatable bonds is 11. The number of para-hydroxylation sites is 1. The number of methoxy groups -OCH3 is 2. The number of thiophene rings is 1. The molecule has 14 nitrogen and oxygen atoms in total. The summed E-state index contributed by atoms with van der Waals surface area (Å²) in [6, 6.07) is 28.4. The summed E-state index contributed by atoms with van der Waals surface area (Å²) in [6.45, 7) is 1.70. The zero-order valence-electron chi connectivity index (χ0n) is 36.7. The Labute approximate surface area is 386 Å². The molecule has 3 N–H and O–H groups in total. The van der Waals surface area contributed by atoms with Gasteiger partial charge in [0.15, 0.2) is 17.8 Å². The summed E-state index contributed by atoms with van der Waals surface area (Å²) in [5, 5.41) is 6.04. The van der Waals surface area contributed by atoms with E-state index in [1.165, 1.54) is 47.5 Å². The highest BCUT2D eigenvalue weighted by molar-refractivity contribution is 7.25. The number of aromatic nitrogens is 5. The minimum atomic E-state index is -0.610. The average Bonchev–Trinajstić information content (AvgIpc) is 3.73. The highest BCUT2D eigenvalue weighted by atomic mass is 32.1. The van der Waals surface area contributed by atoms with Crippen molar-refractivity contribution in [3.63, 3.8) is 0 Å². The minimum Gasteiger partial charge on any atom is -0.493 e. The van der Waals surface area contributed by atoms with E-state index >= 15 is 0 Å². The fourth-order valence-corrected chi connectivity index (χ4v) is 8.60. The lowest BCUT2D eigenvalue weighted by Crippen LogP contribution is -2.27. The maximum atomic E-state index is 14.9. The first-order chi connectivity index (χ1) is 32.5. The molecule has 1 unspecified atom stereocenters. The van der Waals surface area contributed by atoms with Crippen LogP contribution in [0.3, 0.4) is 0 Å². The van der Waals surface area contributed by atoms with E-state index in [4.69, 9.17) is 19.9 Å². The van der Waals surface area contributed by atoms with Crippen LogP contribution in [0.25, 0.3) is 47.7 Å². The van der Waals surface area contributed by atoms with Crippen LogP contribution in [0.5, 0.6) is 11.5 Å². The Morgan fingerprint density at radius 1 is 0.896 bits per heavy atom. The Hall–Kier alpha value is -8.26. The van der Waals surface area contributed by atoms with E-state index in [1.54, 1.807) is 48.3 Å². The molecule has 0 fully saturated rings. The number of nitrogens with zero attached hydrogens (tertiary/aromatic N) is 5. The molecule has 16 heteroatoms. The summed E-state index contributed by atoms with van der Waals surface area (Å²) < 4.78 is 35.4. The second kappa shape index (κ2) is 19.9. The van der Waals surface area contributed by atoms with Crippen LogP contribution >= 0.6 is 11.3 Å². The average molecular weight is 916 g/mol.